The molecule has 0 saturated heterocycles. The smallest absolute Gasteiger partial charge is 0.441 e. The molecule has 0 radical (unpaired) electrons. The van der Waals surface area contributed by atoms with E-state index >= 15 is 0 Å². The quantitative estimate of drug-likeness (QED) is 0.355. The number of benzene rings is 2. The van der Waals surface area contributed by atoms with Gasteiger partial charge in [-0.05, 0) is 43.3 Å². The topological polar surface area (TPSA) is 67.4 Å². The molecular formula is C19H15ClF6N2O3. The lowest BCUT2D eigenvalue weighted by Crippen LogP contribution is -2.69. The van der Waals surface area contributed by atoms with Gasteiger partial charge in [0, 0.05) is 16.3 Å². The van der Waals surface area contributed by atoms with E-state index in [9.17, 15) is 35.9 Å². The number of carbonyl (C=O) groups is 2. The Labute approximate surface area is 177 Å². The van der Waals surface area contributed by atoms with Crippen LogP contribution in [0, 0.1) is 0 Å². The van der Waals surface area contributed by atoms with E-state index in [4.69, 9.17) is 11.6 Å². The van der Waals surface area contributed by atoms with Crippen LogP contribution in [0.25, 0.3) is 0 Å². The number of alkyl halides is 6. The molecule has 2 aromatic carbocycles. The molecule has 0 aromatic heterocycles. The summed E-state index contributed by atoms with van der Waals surface area (Å²) in [5.41, 5.74) is -6.20. The van der Waals surface area contributed by atoms with Gasteiger partial charge in [0.2, 0.25) is 0 Å². The molecule has 0 aliphatic heterocycles. The van der Waals surface area contributed by atoms with Gasteiger partial charge in [0.1, 0.15) is 0 Å². The van der Waals surface area contributed by atoms with E-state index < -0.39 is 47.7 Å². The minimum Gasteiger partial charge on any atom is -0.463 e. The third-order valence-electron chi connectivity index (χ3n) is 3.92. The van der Waals surface area contributed by atoms with E-state index in [-0.39, 0.29) is 10.6 Å². The first-order valence-electron chi connectivity index (χ1n) is 8.57. The second-order valence-electron chi connectivity index (χ2n) is 6.14. The molecule has 0 spiro atoms. The third kappa shape index (κ3) is 5.60. The van der Waals surface area contributed by atoms with Crippen LogP contribution in [0.5, 0.6) is 0 Å². The van der Waals surface area contributed by atoms with Crippen LogP contribution < -0.4 is 10.6 Å². The molecule has 0 aliphatic carbocycles. The number of halogens is 7. The second-order valence-corrected chi connectivity index (χ2v) is 6.57. The predicted octanol–water partition coefficient (Wildman–Crippen LogP) is 5.02. The van der Waals surface area contributed by atoms with E-state index in [2.05, 4.69) is 4.74 Å². The summed E-state index contributed by atoms with van der Waals surface area (Å²) >= 11 is 5.74. The standard InChI is InChI=1S/C19H15ClF6N2O3/c1-2-31-16(30)17(19(24,25)26,28-15(29)11-5-3-7-13(20)9-11)27-14-8-4-6-12(10-14)18(21,22)23/h3-10,27H,2H2,1H3,(H,28,29)/t17-/m0/s1. The van der Waals surface area contributed by atoms with Crippen LogP contribution in [0.3, 0.4) is 0 Å². The highest BCUT2D eigenvalue weighted by molar-refractivity contribution is 6.31. The molecule has 0 fully saturated rings. The molecular weight excluding hydrogens is 454 g/mol. The molecule has 1 amide bonds. The minimum absolute atomic E-state index is 0.0345. The van der Waals surface area contributed by atoms with Crippen molar-refractivity contribution in [1.29, 1.82) is 0 Å². The van der Waals surface area contributed by atoms with E-state index in [0.29, 0.717) is 12.1 Å². The van der Waals surface area contributed by atoms with E-state index in [0.717, 1.165) is 24.3 Å². The van der Waals surface area contributed by atoms with Crippen LogP contribution in [0.2, 0.25) is 5.02 Å². The fourth-order valence-electron chi connectivity index (χ4n) is 2.49. The van der Waals surface area contributed by atoms with Crippen molar-refractivity contribution in [2.45, 2.75) is 24.9 Å². The molecule has 2 aromatic rings. The predicted molar refractivity (Wildman–Crippen MR) is 99.4 cm³/mol. The maximum absolute atomic E-state index is 14.1. The van der Waals surface area contributed by atoms with Crippen molar-refractivity contribution in [2.24, 2.45) is 0 Å². The summed E-state index contributed by atoms with van der Waals surface area (Å²) in [4.78, 5) is 24.9. The van der Waals surface area contributed by atoms with Gasteiger partial charge in [-0.2, -0.15) is 26.3 Å². The summed E-state index contributed by atoms with van der Waals surface area (Å²) in [7, 11) is 0. The van der Waals surface area contributed by atoms with Crippen molar-refractivity contribution < 1.29 is 40.7 Å². The molecule has 12 heteroatoms. The lowest BCUT2D eigenvalue weighted by atomic mass is 10.1. The first kappa shape index (κ1) is 24.3. The molecule has 0 unspecified atom stereocenters. The van der Waals surface area contributed by atoms with E-state index in [1.54, 1.807) is 5.32 Å². The molecule has 168 valence electrons. The van der Waals surface area contributed by atoms with Crippen molar-refractivity contribution in [3.05, 3.63) is 64.7 Å². The van der Waals surface area contributed by atoms with Crippen LogP contribution in [0.1, 0.15) is 22.8 Å². The van der Waals surface area contributed by atoms with Crippen LogP contribution in [0.4, 0.5) is 32.0 Å². The van der Waals surface area contributed by atoms with Gasteiger partial charge in [0.15, 0.2) is 0 Å². The lowest BCUT2D eigenvalue weighted by Gasteiger charge is -2.35. The Morgan fingerprint density at radius 1 is 1.00 bits per heavy atom. The average molecular weight is 469 g/mol. The molecule has 1 atom stereocenters. The molecule has 0 heterocycles. The van der Waals surface area contributed by atoms with Gasteiger partial charge < -0.3 is 15.4 Å². The number of esters is 1. The Morgan fingerprint density at radius 2 is 1.65 bits per heavy atom. The van der Waals surface area contributed by atoms with Gasteiger partial charge in [0.25, 0.3) is 5.91 Å². The Balaban J connectivity index is 2.56. The van der Waals surface area contributed by atoms with Crippen molar-refractivity contribution >= 4 is 29.2 Å². The molecule has 5 nitrogen and oxygen atoms in total. The monoisotopic (exact) mass is 468 g/mol. The molecule has 2 N–H and O–H groups in total. The number of rotatable bonds is 6. The normalized spacial score (nSPS) is 13.8. The summed E-state index contributed by atoms with van der Waals surface area (Å²) in [5.74, 6) is -3.33. The average Bonchev–Trinajstić information content (AvgIpc) is 2.66. The highest BCUT2D eigenvalue weighted by Gasteiger charge is 2.63. The molecule has 2 rings (SSSR count). The Kier molecular flexibility index (Phi) is 7.10. The van der Waals surface area contributed by atoms with Gasteiger partial charge in [0.05, 0.1) is 12.2 Å². The first-order chi connectivity index (χ1) is 14.3. The van der Waals surface area contributed by atoms with Gasteiger partial charge in [-0.15, -0.1) is 0 Å². The van der Waals surface area contributed by atoms with E-state index in [1.807, 2.05) is 0 Å². The van der Waals surface area contributed by atoms with Crippen molar-refractivity contribution in [1.82, 2.24) is 5.32 Å². The highest BCUT2D eigenvalue weighted by atomic mass is 35.5. The van der Waals surface area contributed by atoms with Crippen LogP contribution in [-0.4, -0.2) is 30.3 Å². The number of anilines is 1. The zero-order valence-corrected chi connectivity index (χ0v) is 16.5. The van der Waals surface area contributed by atoms with Gasteiger partial charge in [-0.3, -0.25) is 4.79 Å². The third-order valence-corrected chi connectivity index (χ3v) is 4.15. The summed E-state index contributed by atoms with van der Waals surface area (Å²) in [6.07, 6.45) is -10.4. The number of ether oxygens (including phenoxy) is 1. The Morgan fingerprint density at radius 3 is 2.19 bits per heavy atom. The lowest BCUT2D eigenvalue weighted by molar-refractivity contribution is -0.204. The fourth-order valence-corrected chi connectivity index (χ4v) is 2.68. The summed E-state index contributed by atoms with van der Waals surface area (Å²) in [6.45, 7) is 0.732. The van der Waals surface area contributed by atoms with Crippen molar-refractivity contribution in [3.8, 4) is 0 Å². The maximum Gasteiger partial charge on any atom is 0.441 e. The number of amides is 1. The maximum atomic E-state index is 14.1. The molecule has 0 bridgehead atoms. The van der Waals surface area contributed by atoms with Gasteiger partial charge in [-0.1, -0.05) is 23.7 Å². The highest BCUT2D eigenvalue weighted by Crippen LogP contribution is 2.36. The first-order valence-corrected chi connectivity index (χ1v) is 8.95. The number of hydrogen-bond acceptors (Lipinski definition) is 4. The second kappa shape index (κ2) is 9.04. The van der Waals surface area contributed by atoms with Crippen molar-refractivity contribution in [2.75, 3.05) is 11.9 Å². The zero-order valence-electron chi connectivity index (χ0n) is 15.7. The largest absolute Gasteiger partial charge is 0.463 e. The van der Waals surface area contributed by atoms with Crippen molar-refractivity contribution in [3.63, 3.8) is 0 Å². The minimum atomic E-state index is -5.51. The fraction of sp³-hybridized carbons (Fsp3) is 0.263. The molecule has 0 saturated carbocycles. The van der Waals surface area contributed by atoms with Crippen LogP contribution in [-0.2, 0) is 15.7 Å². The van der Waals surface area contributed by atoms with E-state index in [1.165, 1.54) is 24.4 Å². The summed E-state index contributed by atoms with van der Waals surface area (Å²) in [5, 5.41) is 3.23. The number of carbonyl (C=O) groups excluding carboxylic acids is 2. The van der Waals surface area contributed by atoms with Gasteiger partial charge in [-0.25, -0.2) is 4.79 Å². The molecule has 31 heavy (non-hydrogen) atoms. The van der Waals surface area contributed by atoms with Crippen LogP contribution in [0.15, 0.2) is 48.5 Å². The Hall–Kier alpha value is -2.95. The summed E-state index contributed by atoms with van der Waals surface area (Å²) in [6, 6.07) is 7.56. The number of hydrogen-bond donors (Lipinski definition) is 2. The Bertz CT molecular complexity index is 964. The number of nitrogens with one attached hydrogen (secondary N) is 2. The molecule has 0 aliphatic rings. The summed E-state index contributed by atoms with van der Waals surface area (Å²) < 4.78 is 85.7. The zero-order chi connectivity index (χ0) is 23.4. The van der Waals surface area contributed by atoms with Gasteiger partial charge >= 0.3 is 24.0 Å². The SMILES string of the molecule is CCOC(=O)[C@@](NC(=O)c1cccc(Cl)c1)(Nc1cccc(C(F)(F)F)c1)C(F)(F)F. The van der Waals surface area contributed by atoms with Crippen LogP contribution >= 0.6 is 11.6 Å².